The minimum absolute atomic E-state index is 0.108. The van der Waals surface area contributed by atoms with Crippen molar-refractivity contribution in [1.82, 2.24) is 9.80 Å². The Bertz CT molecular complexity index is 398. The van der Waals surface area contributed by atoms with Gasteiger partial charge in [0.25, 0.3) is 0 Å². The summed E-state index contributed by atoms with van der Waals surface area (Å²) >= 11 is 0. The highest BCUT2D eigenvalue weighted by Crippen LogP contribution is 2.30. The van der Waals surface area contributed by atoms with Gasteiger partial charge in [0.1, 0.15) is 0 Å². The van der Waals surface area contributed by atoms with E-state index in [1.807, 2.05) is 0 Å². The van der Waals surface area contributed by atoms with Gasteiger partial charge in [-0.1, -0.05) is 12.8 Å². The second kappa shape index (κ2) is 5.70. The molecule has 0 aromatic carbocycles. The Hall–Kier alpha value is -0.130. The summed E-state index contributed by atoms with van der Waals surface area (Å²) in [5.74, 6) is 0.408. The lowest BCUT2D eigenvalue weighted by atomic mass is 10.0. The van der Waals surface area contributed by atoms with Gasteiger partial charge in [0.05, 0.1) is 11.0 Å². The second-order valence-corrected chi connectivity index (χ2v) is 8.66. The van der Waals surface area contributed by atoms with Crippen LogP contribution in [-0.4, -0.2) is 68.0 Å². The van der Waals surface area contributed by atoms with Gasteiger partial charge in [0.2, 0.25) is 0 Å². The SMILES string of the molecule is O=S1(=O)CC(N2CCCCC2)C1CN1CCCCC1. The van der Waals surface area contributed by atoms with Crippen molar-refractivity contribution in [3.63, 3.8) is 0 Å². The lowest BCUT2D eigenvalue weighted by molar-refractivity contribution is 0.134. The molecule has 2 unspecified atom stereocenters. The van der Waals surface area contributed by atoms with Gasteiger partial charge < -0.3 is 4.90 Å². The number of sulfone groups is 1. The lowest BCUT2D eigenvalue weighted by Crippen LogP contribution is -2.64. The molecule has 0 amide bonds. The predicted molar refractivity (Wildman–Crippen MR) is 77.1 cm³/mol. The van der Waals surface area contributed by atoms with Crippen molar-refractivity contribution in [1.29, 1.82) is 0 Å². The zero-order valence-corrected chi connectivity index (χ0v) is 12.6. The molecule has 0 spiro atoms. The first-order valence-electron chi connectivity index (χ1n) is 7.85. The Balaban J connectivity index is 1.62. The molecule has 5 heteroatoms. The van der Waals surface area contributed by atoms with Gasteiger partial charge in [-0.25, -0.2) is 8.42 Å². The van der Waals surface area contributed by atoms with Crippen molar-refractivity contribution < 1.29 is 8.42 Å². The third-order valence-electron chi connectivity index (χ3n) is 5.04. The summed E-state index contributed by atoms with van der Waals surface area (Å²) in [5, 5.41) is -0.108. The predicted octanol–water partition coefficient (Wildman–Crippen LogP) is 1.12. The van der Waals surface area contributed by atoms with Crippen LogP contribution in [0.3, 0.4) is 0 Å². The van der Waals surface area contributed by atoms with E-state index in [0.717, 1.165) is 32.7 Å². The third-order valence-corrected chi connectivity index (χ3v) is 7.23. The molecule has 3 aliphatic rings. The maximum atomic E-state index is 12.1. The zero-order chi connectivity index (χ0) is 13.3. The molecule has 0 aromatic heterocycles. The van der Waals surface area contributed by atoms with Crippen molar-refractivity contribution in [3.8, 4) is 0 Å². The van der Waals surface area contributed by atoms with E-state index in [1.165, 1.54) is 38.5 Å². The molecule has 3 heterocycles. The molecule has 0 aliphatic carbocycles. The Kier molecular flexibility index (Phi) is 4.15. The van der Waals surface area contributed by atoms with E-state index >= 15 is 0 Å². The first-order valence-corrected chi connectivity index (χ1v) is 9.56. The maximum absolute atomic E-state index is 12.1. The molecule has 3 rings (SSSR count). The van der Waals surface area contributed by atoms with Crippen molar-refractivity contribution in [2.24, 2.45) is 0 Å². The zero-order valence-electron chi connectivity index (χ0n) is 11.8. The quantitative estimate of drug-likeness (QED) is 0.780. The summed E-state index contributed by atoms with van der Waals surface area (Å²) in [7, 11) is -2.80. The Labute approximate surface area is 117 Å². The van der Waals surface area contributed by atoms with Crippen LogP contribution >= 0.6 is 0 Å². The van der Waals surface area contributed by atoms with Gasteiger partial charge in [-0.2, -0.15) is 0 Å². The average Bonchev–Trinajstić information content (AvgIpc) is 2.45. The summed E-state index contributed by atoms with van der Waals surface area (Å²) in [6.45, 7) is 5.19. The Morgan fingerprint density at radius 2 is 1.42 bits per heavy atom. The van der Waals surface area contributed by atoms with Gasteiger partial charge in [0, 0.05) is 12.6 Å². The number of likely N-dealkylation sites (tertiary alicyclic amines) is 2. The molecule has 110 valence electrons. The minimum atomic E-state index is -2.80. The van der Waals surface area contributed by atoms with Crippen LogP contribution in [-0.2, 0) is 9.84 Å². The highest BCUT2D eigenvalue weighted by Gasteiger charge is 2.49. The molecular weight excluding hydrogens is 260 g/mol. The summed E-state index contributed by atoms with van der Waals surface area (Å²) in [4.78, 5) is 4.82. The molecule has 0 aromatic rings. The van der Waals surface area contributed by atoms with Crippen molar-refractivity contribution in [2.75, 3.05) is 38.5 Å². The molecule has 0 radical (unpaired) electrons. The molecule has 19 heavy (non-hydrogen) atoms. The van der Waals surface area contributed by atoms with Crippen LogP contribution < -0.4 is 0 Å². The van der Waals surface area contributed by atoms with Crippen molar-refractivity contribution >= 4 is 9.84 Å². The highest BCUT2D eigenvalue weighted by molar-refractivity contribution is 7.93. The van der Waals surface area contributed by atoms with Crippen LogP contribution in [0.15, 0.2) is 0 Å². The van der Waals surface area contributed by atoms with E-state index in [1.54, 1.807) is 0 Å². The van der Waals surface area contributed by atoms with Crippen LogP contribution in [0.2, 0.25) is 0 Å². The molecule has 3 aliphatic heterocycles. The van der Waals surface area contributed by atoms with E-state index in [-0.39, 0.29) is 5.25 Å². The van der Waals surface area contributed by atoms with Gasteiger partial charge in [0.15, 0.2) is 9.84 Å². The minimum Gasteiger partial charge on any atom is -0.302 e. The summed E-state index contributed by atoms with van der Waals surface area (Å²) in [5.41, 5.74) is 0. The molecule has 0 N–H and O–H groups in total. The molecule has 0 saturated carbocycles. The molecule has 0 bridgehead atoms. The van der Waals surface area contributed by atoms with E-state index in [2.05, 4.69) is 9.80 Å². The number of nitrogens with zero attached hydrogens (tertiary/aromatic N) is 2. The average molecular weight is 286 g/mol. The number of hydrogen-bond acceptors (Lipinski definition) is 4. The summed E-state index contributed by atoms with van der Waals surface area (Å²) in [6.07, 6.45) is 7.58. The van der Waals surface area contributed by atoms with E-state index in [0.29, 0.717) is 11.8 Å². The fourth-order valence-corrected chi connectivity index (χ4v) is 5.80. The highest BCUT2D eigenvalue weighted by atomic mass is 32.2. The topological polar surface area (TPSA) is 40.6 Å². The largest absolute Gasteiger partial charge is 0.302 e. The molecular formula is C14H26N2O2S. The maximum Gasteiger partial charge on any atom is 0.157 e. The van der Waals surface area contributed by atoms with E-state index in [4.69, 9.17) is 0 Å². The standard InChI is InChI=1S/C14H26N2O2S/c17-19(18)12-13(16-9-5-2-6-10-16)14(19)11-15-7-3-1-4-8-15/h13-14H,1-12H2. The summed E-state index contributed by atoms with van der Waals surface area (Å²) < 4.78 is 24.2. The van der Waals surface area contributed by atoms with Gasteiger partial charge >= 0.3 is 0 Å². The number of hydrogen-bond donors (Lipinski definition) is 0. The van der Waals surface area contributed by atoms with Crippen LogP contribution in [0.5, 0.6) is 0 Å². The fourth-order valence-electron chi connectivity index (χ4n) is 3.81. The van der Waals surface area contributed by atoms with Crippen LogP contribution in [0.4, 0.5) is 0 Å². The van der Waals surface area contributed by atoms with Crippen LogP contribution in [0.25, 0.3) is 0 Å². The van der Waals surface area contributed by atoms with Gasteiger partial charge in [-0.3, -0.25) is 4.90 Å². The molecule has 4 nitrogen and oxygen atoms in total. The smallest absolute Gasteiger partial charge is 0.157 e. The van der Waals surface area contributed by atoms with E-state index in [9.17, 15) is 8.42 Å². The Morgan fingerprint density at radius 3 is 2.00 bits per heavy atom. The second-order valence-electron chi connectivity index (χ2n) is 6.39. The molecule has 3 fully saturated rings. The normalized spacial score (nSPS) is 36.8. The van der Waals surface area contributed by atoms with E-state index < -0.39 is 9.84 Å². The third kappa shape index (κ3) is 2.98. The monoisotopic (exact) mass is 286 g/mol. The van der Waals surface area contributed by atoms with Gasteiger partial charge in [-0.15, -0.1) is 0 Å². The number of rotatable bonds is 3. The lowest BCUT2D eigenvalue weighted by Gasteiger charge is -2.47. The Morgan fingerprint density at radius 1 is 0.842 bits per heavy atom. The number of piperidine rings is 2. The molecule has 3 saturated heterocycles. The van der Waals surface area contributed by atoms with Crippen LogP contribution in [0, 0.1) is 0 Å². The molecule has 2 atom stereocenters. The van der Waals surface area contributed by atoms with Gasteiger partial charge in [-0.05, 0) is 51.9 Å². The summed E-state index contributed by atoms with van der Waals surface area (Å²) in [6, 6.07) is 0.312. The van der Waals surface area contributed by atoms with Crippen molar-refractivity contribution in [3.05, 3.63) is 0 Å². The first kappa shape index (κ1) is 13.8. The van der Waals surface area contributed by atoms with Crippen LogP contribution in [0.1, 0.15) is 38.5 Å². The first-order chi connectivity index (χ1) is 9.17. The van der Waals surface area contributed by atoms with Crippen molar-refractivity contribution in [2.45, 2.75) is 49.8 Å². The fraction of sp³-hybridized carbons (Fsp3) is 1.00.